The first-order valence-electron chi connectivity index (χ1n) is 7.42. The van der Waals surface area contributed by atoms with Crippen LogP contribution in [0.5, 0.6) is 23.0 Å². The topological polar surface area (TPSA) is 80.9 Å². The van der Waals surface area contributed by atoms with E-state index in [2.05, 4.69) is 0 Å². The molecular weight excluding hydrogens is 280 g/mol. The van der Waals surface area contributed by atoms with Gasteiger partial charge in [-0.25, -0.2) is 0 Å². The molecule has 2 rings (SSSR count). The third-order valence-electron chi connectivity index (χ3n) is 4.02. The van der Waals surface area contributed by atoms with Gasteiger partial charge in [0.05, 0.1) is 0 Å². The predicted octanol–water partition coefficient (Wildman–Crippen LogP) is 3.69. The molecule has 0 aromatic heterocycles. The van der Waals surface area contributed by atoms with E-state index < -0.39 is 0 Å². The minimum atomic E-state index is -0.0569. The van der Waals surface area contributed by atoms with E-state index in [1.54, 1.807) is 26.0 Å². The van der Waals surface area contributed by atoms with E-state index in [9.17, 15) is 20.4 Å². The normalized spacial score (nSPS) is 10.8. The lowest BCUT2D eigenvalue weighted by Crippen LogP contribution is -1.92. The number of aryl methyl sites for hydroxylation is 4. The van der Waals surface area contributed by atoms with Crippen LogP contribution in [0.25, 0.3) is 0 Å². The third kappa shape index (κ3) is 3.27. The van der Waals surface area contributed by atoms with Gasteiger partial charge in [0.2, 0.25) is 0 Å². The van der Waals surface area contributed by atoms with Gasteiger partial charge in [0.25, 0.3) is 0 Å². The molecule has 22 heavy (non-hydrogen) atoms. The Balaban J connectivity index is 1.93. The first kappa shape index (κ1) is 16.0. The van der Waals surface area contributed by atoms with Crippen molar-refractivity contribution in [1.82, 2.24) is 0 Å². The molecule has 0 aliphatic rings. The summed E-state index contributed by atoms with van der Waals surface area (Å²) in [5.41, 5.74) is 2.75. The maximum atomic E-state index is 9.88. The summed E-state index contributed by atoms with van der Waals surface area (Å²) in [4.78, 5) is 0. The van der Waals surface area contributed by atoms with E-state index in [0.29, 0.717) is 24.0 Å². The van der Waals surface area contributed by atoms with Gasteiger partial charge < -0.3 is 20.4 Å². The zero-order valence-corrected chi connectivity index (χ0v) is 12.9. The molecule has 0 heterocycles. The molecule has 0 spiro atoms. The fourth-order valence-electron chi connectivity index (χ4n) is 2.48. The van der Waals surface area contributed by atoms with Crippen LogP contribution in [0.1, 0.15) is 35.1 Å². The van der Waals surface area contributed by atoms with E-state index in [4.69, 9.17) is 0 Å². The summed E-state index contributed by atoms with van der Waals surface area (Å²) >= 11 is 0. The molecule has 0 saturated heterocycles. The van der Waals surface area contributed by atoms with Crippen LogP contribution in [0.15, 0.2) is 24.3 Å². The van der Waals surface area contributed by atoms with E-state index in [-0.39, 0.29) is 23.0 Å². The van der Waals surface area contributed by atoms with Crippen molar-refractivity contribution in [2.75, 3.05) is 0 Å². The number of phenols is 4. The van der Waals surface area contributed by atoms with E-state index in [0.717, 1.165) is 24.0 Å². The minimum absolute atomic E-state index is 0.0455. The Morgan fingerprint density at radius 2 is 0.955 bits per heavy atom. The van der Waals surface area contributed by atoms with Crippen LogP contribution >= 0.6 is 0 Å². The maximum absolute atomic E-state index is 9.88. The van der Waals surface area contributed by atoms with Gasteiger partial charge >= 0.3 is 0 Å². The standard InChI is InChI=1S/C18H22O4/c1-11-7-9-13(17(21)15(11)19)5-3-4-6-14-10-8-12(2)16(20)18(14)22/h7-10,19-22H,3-6H2,1-2H3. The van der Waals surface area contributed by atoms with Crippen LogP contribution in [0.4, 0.5) is 0 Å². The number of phenolic OH excluding ortho intramolecular Hbond substituents is 4. The lowest BCUT2D eigenvalue weighted by atomic mass is 10.00. The highest BCUT2D eigenvalue weighted by atomic mass is 16.3. The van der Waals surface area contributed by atoms with Gasteiger partial charge in [0.1, 0.15) is 0 Å². The summed E-state index contributed by atoms with van der Waals surface area (Å²) in [6.45, 7) is 3.48. The minimum Gasteiger partial charge on any atom is -0.504 e. The second-order valence-corrected chi connectivity index (χ2v) is 5.68. The van der Waals surface area contributed by atoms with Crippen molar-refractivity contribution in [3.8, 4) is 23.0 Å². The summed E-state index contributed by atoms with van der Waals surface area (Å²) in [5, 5.41) is 39.2. The summed E-state index contributed by atoms with van der Waals surface area (Å²) in [6.07, 6.45) is 2.92. The fourth-order valence-corrected chi connectivity index (χ4v) is 2.48. The van der Waals surface area contributed by atoms with Gasteiger partial charge in [-0.3, -0.25) is 0 Å². The quantitative estimate of drug-likeness (QED) is 0.501. The molecular formula is C18H22O4. The Labute approximate surface area is 130 Å². The molecule has 0 fully saturated rings. The van der Waals surface area contributed by atoms with E-state index in [1.165, 1.54) is 0 Å². The van der Waals surface area contributed by atoms with Crippen molar-refractivity contribution in [1.29, 1.82) is 0 Å². The van der Waals surface area contributed by atoms with Crippen LogP contribution in [-0.4, -0.2) is 20.4 Å². The van der Waals surface area contributed by atoms with Crippen molar-refractivity contribution in [2.45, 2.75) is 39.5 Å². The van der Waals surface area contributed by atoms with Crippen molar-refractivity contribution < 1.29 is 20.4 Å². The molecule has 0 saturated carbocycles. The number of unbranched alkanes of at least 4 members (excludes halogenated alkanes) is 1. The highest BCUT2D eigenvalue weighted by molar-refractivity contribution is 5.50. The molecule has 0 aliphatic carbocycles. The molecule has 2 aromatic rings. The highest BCUT2D eigenvalue weighted by Crippen LogP contribution is 2.34. The third-order valence-corrected chi connectivity index (χ3v) is 4.02. The monoisotopic (exact) mass is 302 g/mol. The van der Waals surface area contributed by atoms with Crippen LogP contribution in [0.3, 0.4) is 0 Å². The second kappa shape index (κ2) is 6.60. The summed E-state index contributed by atoms with van der Waals surface area (Å²) < 4.78 is 0. The number of hydrogen-bond acceptors (Lipinski definition) is 4. The first-order valence-corrected chi connectivity index (χ1v) is 7.42. The molecule has 118 valence electrons. The van der Waals surface area contributed by atoms with Crippen LogP contribution in [-0.2, 0) is 12.8 Å². The molecule has 0 bridgehead atoms. The zero-order chi connectivity index (χ0) is 16.3. The van der Waals surface area contributed by atoms with Crippen molar-refractivity contribution in [3.05, 3.63) is 46.5 Å². The molecule has 0 unspecified atom stereocenters. The Morgan fingerprint density at radius 1 is 0.591 bits per heavy atom. The lowest BCUT2D eigenvalue weighted by molar-refractivity contribution is 0.394. The number of benzene rings is 2. The van der Waals surface area contributed by atoms with Gasteiger partial charge in [-0.1, -0.05) is 24.3 Å². The summed E-state index contributed by atoms with van der Waals surface area (Å²) in [7, 11) is 0. The second-order valence-electron chi connectivity index (χ2n) is 5.68. The fraction of sp³-hybridized carbons (Fsp3) is 0.333. The smallest absolute Gasteiger partial charge is 0.160 e. The molecule has 0 aliphatic heterocycles. The maximum Gasteiger partial charge on any atom is 0.160 e. The highest BCUT2D eigenvalue weighted by Gasteiger charge is 2.10. The molecule has 4 heteroatoms. The predicted molar refractivity (Wildman–Crippen MR) is 85.7 cm³/mol. The van der Waals surface area contributed by atoms with Gasteiger partial charge in [-0.2, -0.15) is 0 Å². The number of rotatable bonds is 5. The van der Waals surface area contributed by atoms with E-state index >= 15 is 0 Å². The van der Waals surface area contributed by atoms with E-state index in [1.807, 2.05) is 12.1 Å². The van der Waals surface area contributed by atoms with Crippen LogP contribution in [0, 0.1) is 13.8 Å². The van der Waals surface area contributed by atoms with Gasteiger partial charge in [-0.15, -0.1) is 0 Å². The Kier molecular flexibility index (Phi) is 4.81. The molecule has 0 atom stereocenters. The van der Waals surface area contributed by atoms with Gasteiger partial charge in [0, 0.05) is 0 Å². The average molecular weight is 302 g/mol. The SMILES string of the molecule is Cc1ccc(CCCCc2ccc(C)c(O)c2O)c(O)c1O. The van der Waals surface area contributed by atoms with Crippen LogP contribution in [0.2, 0.25) is 0 Å². The number of aromatic hydroxyl groups is 4. The molecule has 4 N–H and O–H groups in total. The molecule has 0 amide bonds. The van der Waals surface area contributed by atoms with Crippen LogP contribution < -0.4 is 0 Å². The first-order chi connectivity index (χ1) is 10.4. The molecule has 2 aromatic carbocycles. The number of hydrogen-bond donors (Lipinski definition) is 4. The zero-order valence-electron chi connectivity index (χ0n) is 12.9. The lowest BCUT2D eigenvalue weighted by Gasteiger charge is -2.10. The van der Waals surface area contributed by atoms with Gasteiger partial charge in [0.15, 0.2) is 23.0 Å². The van der Waals surface area contributed by atoms with Crippen molar-refractivity contribution >= 4 is 0 Å². The van der Waals surface area contributed by atoms with Gasteiger partial charge in [-0.05, 0) is 61.8 Å². The average Bonchev–Trinajstić information content (AvgIpc) is 2.50. The Bertz CT molecular complexity index is 618. The Morgan fingerprint density at radius 3 is 1.32 bits per heavy atom. The van der Waals surface area contributed by atoms with Crippen molar-refractivity contribution in [3.63, 3.8) is 0 Å². The summed E-state index contributed by atoms with van der Waals surface area (Å²) in [5.74, 6) is -0.205. The Hall–Kier alpha value is -2.36. The summed E-state index contributed by atoms with van der Waals surface area (Å²) in [6, 6.07) is 7.21. The molecule has 0 radical (unpaired) electrons. The molecule has 4 nitrogen and oxygen atoms in total. The largest absolute Gasteiger partial charge is 0.504 e. The van der Waals surface area contributed by atoms with Crippen molar-refractivity contribution in [2.24, 2.45) is 0 Å².